The maximum Gasteiger partial charge on any atom is 0.276 e. The molecule has 0 spiro atoms. The fourth-order valence-electron chi connectivity index (χ4n) is 3.65. The van der Waals surface area contributed by atoms with Gasteiger partial charge in [0.05, 0.1) is 5.56 Å². The maximum atomic E-state index is 13.8. The summed E-state index contributed by atoms with van der Waals surface area (Å²) in [6.45, 7) is 7.50. The summed E-state index contributed by atoms with van der Waals surface area (Å²) in [5, 5.41) is 3.97. The van der Waals surface area contributed by atoms with Crippen LogP contribution in [0.5, 0.6) is 5.75 Å². The molecule has 4 rings (SSSR count). The fourth-order valence-corrected chi connectivity index (χ4v) is 3.65. The van der Waals surface area contributed by atoms with Crippen molar-refractivity contribution in [3.63, 3.8) is 0 Å². The molecule has 3 aromatic rings. The molecular weight excluding hydrogens is 397 g/mol. The number of piperazine rings is 1. The standard InChI is InChI=1S/C24H26FN3O3/c1-17-7-9-19(10-8-17)15-27-11-13-28(14-12-27)24(29)23-20(18(2)31-26-23)16-30-22-6-4-3-5-21(22)25/h3-10H,11-16H2,1-2H3. The highest BCUT2D eigenvalue weighted by Crippen LogP contribution is 2.22. The molecule has 0 atom stereocenters. The number of aromatic nitrogens is 1. The molecule has 1 amide bonds. The molecular formula is C24H26FN3O3. The number of rotatable bonds is 6. The van der Waals surface area contributed by atoms with E-state index in [0.29, 0.717) is 24.4 Å². The van der Waals surface area contributed by atoms with Gasteiger partial charge in [-0.15, -0.1) is 0 Å². The number of hydrogen-bond donors (Lipinski definition) is 0. The van der Waals surface area contributed by atoms with Gasteiger partial charge >= 0.3 is 0 Å². The van der Waals surface area contributed by atoms with Gasteiger partial charge < -0.3 is 14.2 Å². The molecule has 6 nitrogen and oxygen atoms in total. The topological polar surface area (TPSA) is 58.8 Å². The summed E-state index contributed by atoms with van der Waals surface area (Å²) in [6, 6.07) is 14.7. The third kappa shape index (κ3) is 4.94. The van der Waals surface area contributed by atoms with Gasteiger partial charge in [0.25, 0.3) is 5.91 Å². The Balaban J connectivity index is 1.37. The number of carbonyl (C=O) groups excluding carboxylic acids is 1. The van der Waals surface area contributed by atoms with Gasteiger partial charge in [-0.05, 0) is 31.5 Å². The zero-order valence-electron chi connectivity index (χ0n) is 17.8. The van der Waals surface area contributed by atoms with Crippen molar-refractivity contribution in [1.82, 2.24) is 15.0 Å². The van der Waals surface area contributed by atoms with E-state index >= 15 is 0 Å². The van der Waals surface area contributed by atoms with E-state index in [4.69, 9.17) is 9.26 Å². The summed E-state index contributed by atoms with van der Waals surface area (Å²) >= 11 is 0. The Hall–Kier alpha value is -3.19. The molecule has 2 aromatic carbocycles. The van der Waals surface area contributed by atoms with Crippen molar-refractivity contribution in [1.29, 1.82) is 0 Å². The summed E-state index contributed by atoms with van der Waals surface area (Å²) in [4.78, 5) is 17.2. The van der Waals surface area contributed by atoms with Crippen LogP contribution >= 0.6 is 0 Å². The maximum absolute atomic E-state index is 13.8. The second-order valence-electron chi connectivity index (χ2n) is 7.84. The smallest absolute Gasteiger partial charge is 0.276 e. The van der Waals surface area contributed by atoms with Crippen molar-refractivity contribution in [2.75, 3.05) is 26.2 Å². The molecule has 0 N–H and O–H groups in total. The van der Waals surface area contributed by atoms with Gasteiger partial charge in [0.2, 0.25) is 0 Å². The normalized spacial score (nSPS) is 14.6. The average Bonchev–Trinajstić information content (AvgIpc) is 3.15. The lowest BCUT2D eigenvalue weighted by atomic mass is 10.1. The molecule has 1 saturated heterocycles. The molecule has 0 aliphatic carbocycles. The molecule has 0 saturated carbocycles. The summed E-state index contributed by atoms with van der Waals surface area (Å²) < 4.78 is 24.7. The van der Waals surface area contributed by atoms with Crippen molar-refractivity contribution in [3.8, 4) is 5.75 Å². The average molecular weight is 423 g/mol. The summed E-state index contributed by atoms with van der Waals surface area (Å²) in [5.74, 6) is -0.00272. The molecule has 7 heteroatoms. The van der Waals surface area contributed by atoms with Crippen LogP contribution in [0.2, 0.25) is 0 Å². The van der Waals surface area contributed by atoms with E-state index in [1.807, 2.05) is 0 Å². The Morgan fingerprint density at radius 3 is 2.48 bits per heavy atom. The van der Waals surface area contributed by atoms with Crippen molar-refractivity contribution >= 4 is 5.91 Å². The number of ether oxygens (including phenoxy) is 1. The first kappa shape index (κ1) is 21.1. The van der Waals surface area contributed by atoms with E-state index in [2.05, 4.69) is 41.2 Å². The Morgan fingerprint density at radius 2 is 1.77 bits per heavy atom. The summed E-state index contributed by atoms with van der Waals surface area (Å²) in [7, 11) is 0. The first-order valence-electron chi connectivity index (χ1n) is 10.4. The van der Waals surface area contributed by atoms with Crippen molar-refractivity contribution in [2.24, 2.45) is 0 Å². The Kier molecular flexibility index (Phi) is 6.32. The van der Waals surface area contributed by atoms with Crippen LogP contribution in [0.15, 0.2) is 53.1 Å². The van der Waals surface area contributed by atoms with Gasteiger partial charge in [-0.2, -0.15) is 0 Å². The number of aryl methyl sites for hydroxylation is 2. The first-order valence-corrected chi connectivity index (χ1v) is 10.4. The fraction of sp³-hybridized carbons (Fsp3) is 0.333. The second-order valence-corrected chi connectivity index (χ2v) is 7.84. The van der Waals surface area contributed by atoms with Crippen LogP contribution in [0, 0.1) is 19.7 Å². The zero-order chi connectivity index (χ0) is 21.8. The Bertz CT molecular complexity index is 1040. The van der Waals surface area contributed by atoms with Crippen LogP contribution < -0.4 is 4.74 Å². The molecule has 162 valence electrons. The number of hydrogen-bond acceptors (Lipinski definition) is 5. The SMILES string of the molecule is Cc1ccc(CN2CCN(C(=O)c3noc(C)c3COc3ccccc3F)CC2)cc1. The number of para-hydroxylation sites is 1. The van der Waals surface area contributed by atoms with Crippen LogP contribution in [0.3, 0.4) is 0 Å². The highest BCUT2D eigenvalue weighted by Gasteiger charge is 2.28. The highest BCUT2D eigenvalue weighted by molar-refractivity contribution is 5.93. The lowest BCUT2D eigenvalue weighted by molar-refractivity contribution is 0.0616. The predicted molar refractivity (Wildman–Crippen MR) is 114 cm³/mol. The molecule has 0 unspecified atom stereocenters. The van der Waals surface area contributed by atoms with E-state index in [1.165, 1.54) is 17.2 Å². The van der Waals surface area contributed by atoms with Gasteiger partial charge in [-0.3, -0.25) is 9.69 Å². The number of benzene rings is 2. The van der Waals surface area contributed by atoms with Crippen molar-refractivity contribution in [3.05, 3.63) is 82.5 Å². The van der Waals surface area contributed by atoms with Gasteiger partial charge in [0, 0.05) is 32.7 Å². The largest absolute Gasteiger partial charge is 0.486 e. The van der Waals surface area contributed by atoms with E-state index in [-0.39, 0.29) is 24.0 Å². The van der Waals surface area contributed by atoms with Crippen LogP contribution in [-0.4, -0.2) is 47.0 Å². The van der Waals surface area contributed by atoms with Gasteiger partial charge in [-0.1, -0.05) is 47.1 Å². The third-order valence-electron chi connectivity index (χ3n) is 5.58. The highest BCUT2D eigenvalue weighted by atomic mass is 19.1. The van der Waals surface area contributed by atoms with Crippen LogP contribution in [0.1, 0.15) is 32.9 Å². The van der Waals surface area contributed by atoms with Crippen LogP contribution in [0.4, 0.5) is 4.39 Å². The molecule has 1 aliphatic rings. The van der Waals surface area contributed by atoms with Crippen LogP contribution in [0.25, 0.3) is 0 Å². The Morgan fingerprint density at radius 1 is 1.06 bits per heavy atom. The lowest BCUT2D eigenvalue weighted by Crippen LogP contribution is -2.48. The third-order valence-corrected chi connectivity index (χ3v) is 5.58. The molecule has 0 bridgehead atoms. The van der Waals surface area contributed by atoms with Gasteiger partial charge in [0.1, 0.15) is 12.4 Å². The van der Waals surface area contributed by atoms with E-state index in [1.54, 1.807) is 30.0 Å². The van der Waals surface area contributed by atoms with E-state index in [0.717, 1.165) is 19.6 Å². The van der Waals surface area contributed by atoms with Crippen LogP contribution in [-0.2, 0) is 13.2 Å². The Labute approximate surface area is 181 Å². The number of carbonyl (C=O) groups is 1. The lowest BCUT2D eigenvalue weighted by Gasteiger charge is -2.34. The molecule has 1 aromatic heterocycles. The minimum atomic E-state index is -0.450. The van der Waals surface area contributed by atoms with Gasteiger partial charge in [0.15, 0.2) is 17.3 Å². The van der Waals surface area contributed by atoms with Gasteiger partial charge in [-0.25, -0.2) is 4.39 Å². The first-order chi connectivity index (χ1) is 15.0. The predicted octanol–water partition coefficient (Wildman–Crippen LogP) is 3.97. The zero-order valence-corrected chi connectivity index (χ0v) is 17.8. The molecule has 31 heavy (non-hydrogen) atoms. The number of halogens is 1. The van der Waals surface area contributed by atoms with E-state index in [9.17, 15) is 9.18 Å². The number of amides is 1. The number of nitrogens with zero attached hydrogens (tertiary/aromatic N) is 3. The second kappa shape index (κ2) is 9.31. The summed E-state index contributed by atoms with van der Waals surface area (Å²) in [6.07, 6.45) is 0. The minimum absolute atomic E-state index is 0.0186. The summed E-state index contributed by atoms with van der Waals surface area (Å²) in [5.41, 5.74) is 3.30. The molecule has 2 heterocycles. The van der Waals surface area contributed by atoms with Crippen molar-refractivity contribution in [2.45, 2.75) is 27.0 Å². The van der Waals surface area contributed by atoms with Crippen molar-refractivity contribution < 1.29 is 18.4 Å². The minimum Gasteiger partial charge on any atom is -0.486 e. The molecule has 1 fully saturated rings. The van der Waals surface area contributed by atoms with E-state index < -0.39 is 5.82 Å². The molecule has 0 radical (unpaired) electrons. The molecule has 1 aliphatic heterocycles. The quantitative estimate of drug-likeness (QED) is 0.601. The monoisotopic (exact) mass is 423 g/mol.